The number of hydrogen-bond acceptors (Lipinski definition) is 2. The molecule has 0 unspecified atom stereocenters. The minimum Gasteiger partial charge on any atom is -0.455 e. The number of fused-ring (bicyclic) bond motifs is 9. The molecular formula is C73H62O2. The minimum atomic E-state index is 0.885. The highest BCUT2D eigenvalue weighted by Crippen LogP contribution is 2.48. The number of furan rings is 2. The molecule has 12 aromatic rings. The van der Waals surface area contributed by atoms with E-state index in [4.69, 9.17) is 8.83 Å². The van der Waals surface area contributed by atoms with Gasteiger partial charge in [0.25, 0.3) is 0 Å². The zero-order valence-corrected chi connectivity index (χ0v) is 45.4. The first-order valence-corrected chi connectivity index (χ1v) is 26.7. The van der Waals surface area contributed by atoms with E-state index in [0.29, 0.717) is 0 Å². The molecule has 0 aliphatic heterocycles. The molecule has 0 saturated heterocycles. The molecule has 0 atom stereocenters. The van der Waals surface area contributed by atoms with Crippen LogP contribution in [0.15, 0.2) is 154 Å². The zero-order valence-electron chi connectivity index (χ0n) is 45.4. The smallest absolute Gasteiger partial charge is 0.143 e. The summed E-state index contributed by atoms with van der Waals surface area (Å²) in [6.45, 7) is 26.7. The van der Waals surface area contributed by atoms with E-state index in [2.05, 4.69) is 229 Å². The summed E-state index contributed by atoms with van der Waals surface area (Å²) in [5, 5.41) is 4.54. The lowest BCUT2D eigenvalue weighted by molar-refractivity contribution is 0.669. The van der Waals surface area contributed by atoms with Crippen LogP contribution in [0, 0.1) is 83.1 Å². The van der Waals surface area contributed by atoms with Crippen LogP contribution in [-0.2, 0) is 6.42 Å². The van der Waals surface area contributed by atoms with Crippen LogP contribution in [0.25, 0.3) is 122 Å². The van der Waals surface area contributed by atoms with Crippen LogP contribution in [0.5, 0.6) is 0 Å². The Hall–Kier alpha value is -8.20. The Kier molecular flexibility index (Phi) is 10.7. The fourth-order valence-corrected chi connectivity index (χ4v) is 13.8. The van der Waals surface area contributed by atoms with Crippen molar-refractivity contribution >= 4 is 43.9 Å². The molecule has 10 aromatic carbocycles. The zero-order chi connectivity index (χ0) is 51.9. The van der Waals surface area contributed by atoms with Crippen molar-refractivity contribution in [3.05, 3.63) is 223 Å². The van der Waals surface area contributed by atoms with Gasteiger partial charge in [0.15, 0.2) is 0 Å². The van der Waals surface area contributed by atoms with Crippen molar-refractivity contribution < 1.29 is 8.83 Å². The second kappa shape index (κ2) is 17.2. The third-order valence-electron chi connectivity index (χ3n) is 16.5. The SMILES string of the molecule is Cc1cc(C)c(-c2ccc3oc4c(-c5ccc6c(c5)-c5cc(-c7cc(-c8c(C)cc(C)cc8C)cc8c7oc7ccc(-c9c(C)cc(C)cc9C)cc78)ccc5C6)cc(-c5c(C)cc(C)cc5C)cc4c3c2)c(C)c1. The molecule has 2 nitrogen and oxygen atoms in total. The predicted molar refractivity (Wildman–Crippen MR) is 319 cm³/mol. The second-order valence-corrected chi connectivity index (χ2v) is 22.4. The van der Waals surface area contributed by atoms with Crippen LogP contribution in [0.2, 0.25) is 0 Å². The van der Waals surface area contributed by atoms with Crippen molar-refractivity contribution in [3.8, 4) is 77.9 Å². The Morgan fingerprint density at radius 3 is 0.867 bits per heavy atom. The third kappa shape index (κ3) is 7.59. The van der Waals surface area contributed by atoms with Gasteiger partial charge in [0.2, 0.25) is 0 Å². The van der Waals surface area contributed by atoms with E-state index in [1.807, 2.05) is 0 Å². The molecule has 1 aliphatic carbocycles. The molecule has 1 aliphatic rings. The van der Waals surface area contributed by atoms with E-state index in [1.165, 1.54) is 134 Å². The summed E-state index contributed by atoms with van der Waals surface area (Å²) in [6, 6.07) is 55.7. The first kappa shape index (κ1) is 46.6. The molecule has 2 heterocycles. The Morgan fingerprint density at radius 2 is 0.533 bits per heavy atom. The van der Waals surface area contributed by atoms with Crippen LogP contribution in [-0.4, -0.2) is 0 Å². The number of benzene rings is 10. The highest BCUT2D eigenvalue weighted by atomic mass is 16.3. The first-order chi connectivity index (χ1) is 36.0. The molecule has 75 heavy (non-hydrogen) atoms. The molecule has 0 radical (unpaired) electrons. The van der Waals surface area contributed by atoms with Crippen molar-refractivity contribution in [2.24, 2.45) is 0 Å². The van der Waals surface area contributed by atoms with Gasteiger partial charge in [-0.15, -0.1) is 0 Å². The van der Waals surface area contributed by atoms with Gasteiger partial charge in [-0.05, 0) is 273 Å². The summed E-state index contributed by atoms with van der Waals surface area (Å²) in [4.78, 5) is 0. The van der Waals surface area contributed by atoms with Crippen LogP contribution < -0.4 is 0 Å². The fraction of sp³-hybridized carbons (Fsp3) is 0.178. The van der Waals surface area contributed by atoms with E-state index in [-0.39, 0.29) is 0 Å². The number of hydrogen-bond donors (Lipinski definition) is 0. The summed E-state index contributed by atoms with van der Waals surface area (Å²) in [5.74, 6) is 0. The fourth-order valence-electron chi connectivity index (χ4n) is 13.8. The van der Waals surface area contributed by atoms with Crippen molar-refractivity contribution in [1.29, 1.82) is 0 Å². The Morgan fingerprint density at radius 1 is 0.253 bits per heavy atom. The van der Waals surface area contributed by atoms with Gasteiger partial charge in [0.1, 0.15) is 22.3 Å². The summed E-state index contributed by atoms with van der Waals surface area (Å²) < 4.78 is 14.0. The van der Waals surface area contributed by atoms with Crippen LogP contribution in [0.4, 0.5) is 0 Å². The summed E-state index contributed by atoms with van der Waals surface area (Å²) >= 11 is 0. The van der Waals surface area contributed by atoms with Crippen molar-refractivity contribution in [1.82, 2.24) is 0 Å². The summed E-state index contributed by atoms with van der Waals surface area (Å²) in [5.41, 5.74) is 38.7. The highest BCUT2D eigenvalue weighted by Gasteiger charge is 2.25. The maximum atomic E-state index is 7.02. The molecule has 2 heteroatoms. The lowest BCUT2D eigenvalue weighted by Crippen LogP contribution is -1.92. The molecule has 366 valence electrons. The van der Waals surface area contributed by atoms with Gasteiger partial charge in [-0.25, -0.2) is 0 Å². The average molecular weight is 971 g/mol. The van der Waals surface area contributed by atoms with Gasteiger partial charge in [0.05, 0.1) is 0 Å². The lowest BCUT2D eigenvalue weighted by Gasteiger charge is -2.15. The largest absolute Gasteiger partial charge is 0.455 e. The maximum absolute atomic E-state index is 7.02. The molecule has 0 saturated carbocycles. The molecule has 0 N–H and O–H groups in total. The van der Waals surface area contributed by atoms with Crippen molar-refractivity contribution in [3.63, 3.8) is 0 Å². The van der Waals surface area contributed by atoms with Crippen LogP contribution >= 0.6 is 0 Å². The summed E-state index contributed by atoms with van der Waals surface area (Å²) in [7, 11) is 0. The van der Waals surface area contributed by atoms with Crippen LogP contribution in [0.3, 0.4) is 0 Å². The third-order valence-corrected chi connectivity index (χ3v) is 16.5. The van der Waals surface area contributed by atoms with Crippen molar-refractivity contribution in [2.75, 3.05) is 0 Å². The second-order valence-electron chi connectivity index (χ2n) is 22.4. The maximum Gasteiger partial charge on any atom is 0.143 e. The predicted octanol–water partition coefficient (Wildman–Crippen LogP) is 20.8. The molecule has 2 aromatic heterocycles. The highest BCUT2D eigenvalue weighted by molar-refractivity contribution is 6.14. The van der Waals surface area contributed by atoms with Gasteiger partial charge >= 0.3 is 0 Å². The van der Waals surface area contributed by atoms with Gasteiger partial charge in [-0.2, -0.15) is 0 Å². The van der Waals surface area contributed by atoms with E-state index in [0.717, 1.165) is 72.6 Å². The topological polar surface area (TPSA) is 26.3 Å². The summed E-state index contributed by atoms with van der Waals surface area (Å²) in [6.07, 6.45) is 0.885. The Labute approximate surface area is 441 Å². The van der Waals surface area contributed by atoms with Crippen LogP contribution in [0.1, 0.15) is 77.9 Å². The van der Waals surface area contributed by atoms with Gasteiger partial charge < -0.3 is 8.83 Å². The Balaban J connectivity index is 0.998. The minimum absolute atomic E-state index is 0.885. The molecule has 0 amide bonds. The monoisotopic (exact) mass is 970 g/mol. The van der Waals surface area contributed by atoms with Gasteiger partial charge in [-0.1, -0.05) is 107 Å². The quantitative estimate of drug-likeness (QED) is 0.166. The molecule has 13 rings (SSSR count). The van der Waals surface area contributed by atoms with Gasteiger partial charge in [0, 0.05) is 32.7 Å². The van der Waals surface area contributed by atoms with E-state index in [9.17, 15) is 0 Å². The number of aryl methyl sites for hydroxylation is 12. The lowest BCUT2D eigenvalue weighted by atomic mass is 9.88. The average Bonchev–Trinajstić information content (AvgIpc) is 4.08. The van der Waals surface area contributed by atoms with E-state index < -0.39 is 0 Å². The van der Waals surface area contributed by atoms with Gasteiger partial charge in [-0.3, -0.25) is 0 Å². The number of rotatable bonds is 6. The normalized spacial score (nSPS) is 12.2. The van der Waals surface area contributed by atoms with E-state index in [1.54, 1.807) is 0 Å². The standard InChI is InChI=1S/C73H62O2/c1-38-21-42(5)68(43(6)22-38)54-17-19-66-62(32-54)64-36-56(70-46(9)25-40(3)26-47(70)10)34-60(72(64)74-66)52-15-13-50-29-51-14-16-53(31-59(51)58(50)30-52)61-35-57(71-48(11)27-41(4)28-49(71)12)37-65-63-33-55(18-20-67(63)75-73(61)65)69-44(7)23-39(2)24-45(69)8/h13-28,30-37H,29H2,1-12H3. The molecule has 0 spiro atoms. The van der Waals surface area contributed by atoms with Crippen molar-refractivity contribution in [2.45, 2.75) is 89.5 Å². The molecule has 0 fully saturated rings. The Bertz CT molecular complexity index is 4070. The van der Waals surface area contributed by atoms with E-state index >= 15 is 0 Å². The molecular weight excluding hydrogens is 909 g/mol. The first-order valence-electron chi connectivity index (χ1n) is 26.7. The molecule has 0 bridgehead atoms.